The van der Waals surface area contributed by atoms with Crippen molar-refractivity contribution in [3.8, 4) is 0 Å². The topological polar surface area (TPSA) is 93.1 Å². The number of amides is 2. The molecule has 134 valence electrons. The van der Waals surface area contributed by atoms with E-state index in [1.165, 1.54) is 23.7 Å². The summed E-state index contributed by atoms with van der Waals surface area (Å²) in [7, 11) is 0. The second-order valence-corrected chi connectivity index (χ2v) is 6.18. The van der Waals surface area contributed by atoms with Gasteiger partial charge in [-0.15, -0.1) is 11.3 Å². The third kappa shape index (κ3) is 3.91. The zero-order valence-corrected chi connectivity index (χ0v) is 14.0. The quantitative estimate of drug-likeness (QED) is 0.704. The van der Waals surface area contributed by atoms with Gasteiger partial charge in [0.05, 0.1) is 18.4 Å². The Morgan fingerprint density at radius 3 is 2.73 bits per heavy atom. The average Bonchev–Trinajstić information content (AvgIpc) is 3.08. The smallest absolute Gasteiger partial charge is 0.271 e. The van der Waals surface area contributed by atoms with Crippen LogP contribution in [0.4, 0.5) is 14.5 Å². The molecule has 0 atom stereocenters. The van der Waals surface area contributed by atoms with Crippen LogP contribution in [0.2, 0.25) is 0 Å². The van der Waals surface area contributed by atoms with E-state index < -0.39 is 23.4 Å². The number of hydrogen-bond acceptors (Lipinski definition) is 5. The lowest BCUT2D eigenvalue weighted by Crippen LogP contribution is -2.37. The van der Waals surface area contributed by atoms with E-state index in [4.69, 9.17) is 0 Å². The molecule has 1 aromatic carbocycles. The van der Waals surface area contributed by atoms with E-state index in [-0.39, 0.29) is 24.3 Å². The Labute approximate surface area is 149 Å². The molecule has 2 N–H and O–H groups in total. The summed E-state index contributed by atoms with van der Waals surface area (Å²) in [6.45, 7) is -0.681. The van der Waals surface area contributed by atoms with Gasteiger partial charge in [0, 0.05) is 11.8 Å². The van der Waals surface area contributed by atoms with Gasteiger partial charge in [0.15, 0.2) is 11.6 Å². The van der Waals surface area contributed by atoms with Gasteiger partial charge in [0.2, 0.25) is 11.8 Å². The number of hydrogen-bond donors (Lipinski definition) is 2. The van der Waals surface area contributed by atoms with Crippen LogP contribution >= 0.6 is 11.3 Å². The summed E-state index contributed by atoms with van der Waals surface area (Å²) in [5.41, 5.74) is 0.278. The first kappa shape index (κ1) is 17.7. The number of nitrogens with zero attached hydrogens (tertiary/aromatic N) is 2. The van der Waals surface area contributed by atoms with Crippen LogP contribution in [0, 0.1) is 11.6 Å². The number of anilines is 1. The minimum absolute atomic E-state index is 0.0618. The minimum Gasteiger partial charge on any atom is -0.345 e. The second-order valence-electron chi connectivity index (χ2n) is 5.27. The van der Waals surface area contributed by atoms with Crippen LogP contribution in [0.15, 0.2) is 40.8 Å². The highest BCUT2D eigenvalue weighted by atomic mass is 32.1. The highest BCUT2D eigenvalue weighted by molar-refractivity contribution is 7.17. The number of aromatic nitrogens is 2. The molecular weight excluding hydrogens is 366 g/mol. The standard InChI is InChI=1S/C16H12F2N4O3S/c17-10-2-1-9(5-11(10)18)21-13(23)6-19-14(24)7-22-8-20-12-3-4-26-15(12)16(22)25/h1-5,8H,6-7H2,(H,19,24)(H,21,23). The lowest BCUT2D eigenvalue weighted by atomic mass is 10.3. The predicted molar refractivity (Wildman–Crippen MR) is 91.9 cm³/mol. The Hall–Kier alpha value is -3.14. The summed E-state index contributed by atoms with van der Waals surface area (Å²) in [6, 6.07) is 4.61. The van der Waals surface area contributed by atoms with Crippen molar-refractivity contribution in [1.82, 2.24) is 14.9 Å². The molecule has 0 aliphatic rings. The number of halogens is 2. The summed E-state index contributed by atoms with van der Waals surface area (Å²) in [5, 5.41) is 6.39. The molecule has 0 saturated carbocycles. The number of carbonyl (C=O) groups is 2. The van der Waals surface area contributed by atoms with Gasteiger partial charge < -0.3 is 10.6 Å². The Kier molecular flexibility index (Phi) is 5.03. The van der Waals surface area contributed by atoms with E-state index in [0.717, 1.165) is 16.7 Å². The molecule has 0 fully saturated rings. The van der Waals surface area contributed by atoms with Crippen LogP contribution in [0.25, 0.3) is 10.2 Å². The fourth-order valence-electron chi connectivity index (χ4n) is 2.16. The fraction of sp³-hybridized carbons (Fsp3) is 0.125. The normalized spacial score (nSPS) is 10.7. The summed E-state index contributed by atoms with van der Waals surface area (Å²) in [4.78, 5) is 39.9. The number of nitrogens with one attached hydrogen (secondary N) is 2. The molecule has 26 heavy (non-hydrogen) atoms. The monoisotopic (exact) mass is 378 g/mol. The third-order valence-corrected chi connectivity index (χ3v) is 4.29. The van der Waals surface area contributed by atoms with E-state index in [9.17, 15) is 23.2 Å². The van der Waals surface area contributed by atoms with Crippen molar-refractivity contribution in [3.63, 3.8) is 0 Å². The Bertz CT molecular complexity index is 1050. The van der Waals surface area contributed by atoms with E-state index >= 15 is 0 Å². The molecule has 0 aliphatic carbocycles. The average molecular weight is 378 g/mol. The Balaban J connectivity index is 1.56. The van der Waals surface area contributed by atoms with Gasteiger partial charge >= 0.3 is 0 Å². The molecule has 10 heteroatoms. The highest BCUT2D eigenvalue weighted by Crippen LogP contribution is 2.13. The number of fused-ring (bicyclic) bond motifs is 1. The maximum absolute atomic E-state index is 13.1. The molecule has 3 aromatic rings. The van der Waals surface area contributed by atoms with Crippen molar-refractivity contribution >= 4 is 39.1 Å². The van der Waals surface area contributed by atoms with Crippen molar-refractivity contribution in [2.75, 3.05) is 11.9 Å². The summed E-state index contributed by atoms with van der Waals surface area (Å²) in [6.07, 6.45) is 1.26. The molecule has 2 heterocycles. The largest absolute Gasteiger partial charge is 0.345 e. The summed E-state index contributed by atoms with van der Waals surface area (Å²) >= 11 is 1.23. The first-order chi connectivity index (χ1) is 12.4. The van der Waals surface area contributed by atoms with Crippen LogP contribution in [0.3, 0.4) is 0 Å². The minimum atomic E-state index is -1.09. The Morgan fingerprint density at radius 2 is 1.96 bits per heavy atom. The van der Waals surface area contributed by atoms with Crippen LogP contribution in [0.1, 0.15) is 0 Å². The van der Waals surface area contributed by atoms with Crippen LogP contribution < -0.4 is 16.2 Å². The second kappa shape index (κ2) is 7.40. The molecular formula is C16H12F2N4O3S. The number of carbonyl (C=O) groups excluding carboxylic acids is 2. The van der Waals surface area contributed by atoms with E-state index in [2.05, 4.69) is 15.6 Å². The van der Waals surface area contributed by atoms with E-state index in [1.54, 1.807) is 11.4 Å². The first-order valence-corrected chi connectivity index (χ1v) is 8.26. The maximum Gasteiger partial charge on any atom is 0.271 e. The maximum atomic E-state index is 13.1. The van der Waals surface area contributed by atoms with Gasteiger partial charge in [-0.1, -0.05) is 0 Å². The summed E-state index contributed by atoms with van der Waals surface area (Å²) in [5.74, 6) is -3.31. The molecule has 0 aliphatic heterocycles. The fourth-order valence-corrected chi connectivity index (χ4v) is 2.95. The number of rotatable bonds is 5. The molecule has 0 radical (unpaired) electrons. The molecule has 2 amide bonds. The molecule has 3 rings (SSSR count). The summed E-state index contributed by atoms with van der Waals surface area (Å²) < 4.78 is 27.5. The lowest BCUT2D eigenvalue weighted by molar-refractivity contribution is -0.124. The number of benzene rings is 1. The van der Waals surface area contributed by atoms with E-state index in [1.807, 2.05) is 0 Å². The molecule has 0 saturated heterocycles. The van der Waals surface area contributed by atoms with Gasteiger partial charge in [-0.3, -0.25) is 19.0 Å². The van der Waals surface area contributed by atoms with Gasteiger partial charge in [-0.05, 0) is 23.6 Å². The molecule has 0 bridgehead atoms. The zero-order chi connectivity index (χ0) is 18.7. The van der Waals surface area contributed by atoms with Gasteiger partial charge in [-0.25, -0.2) is 13.8 Å². The van der Waals surface area contributed by atoms with Crippen LogP contribution in [-0.2, 0) is 16.1 Å². The lowest BCUT2D eigenvalue weighted by Gasteiger charge is -2.08. The highest BCUT2D eigenvalue weighted by Gasteiger charge is 2.11. The van der Waals surface area contributed by atoms with Crippen LogP contribution in [0.5, 0.6) is 0 Å². The molecule has 7 nitrogen and oxygen atoms in total. The van der Waals surface area contributed by atoms with Gasteiger partial charge in [0.1, 0.15) is 11.2 Å². The van der Waals surface area contributed by atoms with Crippen molar-refractivity contribution in [2.45, 2.75) is 6.54 Å². The van der Waals surface area contributed by atoms with E-state index in [0.29, 0.717) is 10.2 Å². The predicted octanol–water partition coefficient (Wildman–Crippen LogP) is 1.49. The molecule has 0 unspecified atom stereocenters. The number of thiophene rings is 1. The van der Waals surface area contributed by atoms with Gasteiger partial charge in [-0.2, -0.15) is 0 Å². The SMILES string of the molecule is O=C(Cn1cnc2ccsc2c1=O)NCC(=O)Nc1ccc(F)c(F)c1. The van der Waals surface area contributed by atoms with Crippen molar-refractivity contribution in [2.24, 2.45) is 0 Å². The van der Waals surface area contributed by atoms with Crippen molar-refractivity contribution < 1.29 is 18.4 Å². The van der Waals surface area contributed by atoms with Crippen molar-refractivity contribution in [3.05, 3.63) is 58.0 Å². The van der Waals surface area contributed by atoms with Crippen molar-refractivity contribution in [1.29, 1.82) is 0 Å². The Morgan fingerprint density at radius 1 is 1.15 bits per heavy atom. The zero-order valence-electron chi connectivity index (χ0n) is 13.2. The first-order valence-electron chi connectivity index (χ1n) is 7.38. The molecule has 0 spiro atoms. The third-order valence-electron chi connectivity index (χ3n) is 3.40. The van der Waals surface area contributed by atoms with Crippen LogP contribution in [-0.4, -0.2) is 27.9 Å². The van der Waals surface area contributed by atoms with Gasteiger partial charge in [0.25, 0.3) is 5.56 Å². The molecule has 2 aromatic heterocycles.